The van der Waals surface area contributed by atoms with Crippen LogP contribution in [-0.2, 0) is 0 Å². The highest BCUT2D eigenvalue weighted by atomic mass is 32.1. The standard InChI is InChI=1S/C20H24N4OS/c1-13(2)14-7-5-9-16(11-14)21-20-23-22-19(26-20)18(25)15-8-6-10-17(12-15)24(3)4/h5-13,18,25H,1-4H3,(H,21,23). The Morgan fingerprint density at radius 2 is 1.73 bits per heavy atom. The van der Waals surface area contributed by atoms with Gasteiger partial charge in [0.05, 0.1) is 0 Å². The summed E-state index contributed by atoms with van der Waals surface area (Å²) >= 11 is 1.36. The second-order valence-corrected chi connectivity index (χ2v) is 7.75. The summed E-state index contributed by atoms with van der Waals surface area (Å²) in [6, 6.07) is 16.1. The Morgan fingerprint density at radius 1 is 1.00 bits per heavy atom. The molecule has 6 heteroatoms. The minimum atomic E-state index is -0.787. The van der Waals surface area contributed by atoms with Gasteiger partial charge in [-0.1, -0.05) is 49.4 Å². The zero-order valence-electron chi connectivity index (χ0n) is 15.5. The minimum Gasteiger partial charge on any atom is -0.381 e. The van der Waals surface area contributed by atoms with Crippen LogP contribution in [0.25, 0.3) is 0 Å². The van der Waals surface area contributed by atoms with Crippen LogP contribution in [0, 0.1) is 0 Å². The monoisotopic (exact) mass is 368 g/mol. The second kappa shape index (κ2) is 7.85. The summed E-state index contributed by atoms with van der Waals surface area (Å²) in [6.07, 6.45) is -0.787. The van der Waals surface area contributed by atoms with Crippen molar-refractivity contribution >= 4 is 27.8 Å². The number of nitrogens with zero attached hydrogens (tertiary/aromatic N) is 3. The van der Waals surface area contributed by atoms with Crippen molar-refractivity contribution in [1.82, 2.24) is 10.2 Å². The van der Waals surface area contributed by atoms with E-state index in [2.05, 4.69) is 41.5 Å². The quantitative estimate of drug-likeness (QED) is 0.668. The van der Waals surface area contributed by atoms with Crippen molar-refractivity contribution in [2.24, 2.45) is 0 Å². The van der Waals surface area contributed by atoms with E-state index in [0.717, 1.165) is 16.9 Å². The van der Waals surface area contributed by atoms with Gasteiger partial charge in [0, 0.05) is 25.5 Å². The molecule has 136 valence electrons. The van der Waals surface area contributed by atoms with Crippen molar-refractivity contribution in [3.8, 4) is 0 Å². The first kappa shape index (κ1) is 18.4. The van der Waals surface area contributed by atoms with Gasteiger partial charge in [0.1, 0.15) is 6.10 Å². The average Bonchev–Trinajstić information content (AvgIpc) is 3.09. The Balaban J connectivity index is 1.77. The molecule has 0 bridgehead atoms. The highest BCUT2D eigenvalue weighted by molar-refractivity contribution is 7.15. The summed E-state index contributed by atoms with van der Waals surface area (Å²) in [4.78, 5) is 2.00. The Bertz CT molecular complexity index is 876. The fourth-order valence-corrected chi connectivity index (χ4v) is 3.39. The number of aliphatic hydroxyl groups is 1. The van der Waals surface area contributed by atoms with Crippen LogP contribution in [0.1, 0.15) is 42.0 Å². The van der Waals surface area contributed by atoms with Gasteiger partial charge >= 0.3 is 0 Å². The van der Waals surface area contributed by atoms with Crippen LogP contribution >= 0.6 is 11.3 Å². The SMILES string of the molecule is CC(C)c1cccc(Nc2nnc(C(O)c3cccc(N(C)C)c3)s2)c1. The van der Waals surface area contributed by atoms with Crippen LogP contribution in [0.15, 0.2) is 48.5 Å². The molecule has 0 aliphatic carbocycles. The normalized spacial score (nSPS) is 12.2. The van der Waals surface area contributed by atoms with Crippen molar-refractivity contribution in [2.75, 3.05) is 24.3 Å². The Hall–Kier alpha value is -2.44. The summed E-state index contributed by atoms with van der Waals surface area (Å²) in [7, 11) is 3.95. The van der Waals surface area contributed by atoms with Crippen molar-refractivity contribution in [2.45, 2.75) is 25.9 Å². The lowest BCUT2D eigenvalue weighted by Crippen LogP contribution is -2.09. The van der Waals surface area contributed by atoms with Gasteiger partial charge in [-0.15, -0.1) is 10.2 Å². The lowest BCUT2D eigenvalue weighted by molar-refractivity contribution is 0.219. The maximum absolute atomic E-state index is 10.7. The maximum Gasteiger partial charge on any atom is 0.210 e. The number of hydrogen-bond donors (Lipinski definition) is 2. The molecule has 2 aromatic carbocycles. The number of nitrogens with one attached hydrogen (secondary N) is 1. The molecule has 3 rings (SSSR count). The first-order valence-electron chi connectivity index (χ1n) is 8.60. The van der Waals surface area contributed by atoms with Crippen molar-refractivity contribution in [3.63, 3.8) is 0 Å². The average molecular weight is 369 g/mol. The van der Waals surface area contributed by atoms with E-state index in [1.54, 1.807) is 0 Å². The summed E-state index contributed by atoms with van der Waals surface area (Å²) in [6.45, 7) is 4.33. The zero-order chi connectivity index (χ0) is 18.7. The van der Waals surface area contributed by atoms with Gasteiger partial charge < -0.3 is 15.3 Å². The van der Waals surface area contributed by atoms with E-state index in [4.69, 9.17) is 0 Å². The van der Waals surface area contributed by atoms with E-state index in [-0.39, 0.29) is 0 Å². The predicted octanol–water partition coefficient (Wildman–Crippen LogP) is 4.55. The molecule has 0 aliphatic rings. The molecule has 0 fully saturated rings. The number of rotatable bonds is 6. The Kier molecular flexibility index (Phi) is 5.54. The third-order valence-corrected chi connectivity index (χ3v) is 5.07. The predicted molar refractivity (Wildman–Crippen MR) is 109 cm³/mol. The zero-order valence-corrected chi connectivity index (χ0v) is 16.3. The summed E-state index contributed by atoms with van der Waals surface area (Å²) in [5.41, 5.74) is 4.08. The van der Waals surface area contributed by atoms with Gasteiger partial charge in [-0.25, -0.2) is 0 Å². The van der Waals surface area contributed by atoms with E-state index in [0.29, 0.717) is 16.1 Å². The molecule has 1 unspecified atom stereocenters. The highest BCUT2D eigenvalue weighted by Crippen LogP contribution is 2.30. The molecule has 1 atom stereocenters. The molecular formula is C20H24N4OS. The fraction of sp³-hybridized carbons (Fsp3) is 0.300. The molecule has 5 nitrogen and oxygen atoms in total. The molecule has 0 spiro atoms. The maximum atomic E-state index is 10.7. The largest absolute Gasteiger partial charge is 0.381 e. The Morgan fingerprint density at radius 3 is 2.46 bits per heavy atom. The van der Waals surface area contributed by atoms with Crippen LogP contribution in [-0.4, -0.2) is 29.4 Å². The fourth-order valence-electron chi connectivity index (χ4n) is 2.61. The molecule has 1 heterocycles. The molecule has 0 aliphatic heterocycles. The lowest BCUT2D eigenvalue weighted by atomic mass is 10.0. The molecule has 0 radical (unpaired) electrons. The Labute approximate surface area is 158 Å². The third kappa shape index (κ3) is 4.20. The van der Waals surface area contributed by atoms with Crippen molar-refractivity contribution in [3.05, 3.63) is 64.7 Å². The summed E-state index contributed by atoms with van der Waals surface area (Å²) < 4.78 is 0. The smallest absolute Gasteiger partial charge is 0.210 e. The van der Waals surface area contributed by atoms with E-state index in [1.165, 1.54) is 16.9 Å². The number of aromatic nitrogens is 2. The first-order chi connectivity index (χ1) is 12.4. The number of hydrogen-bond acceptors (Lipinski definition) is 6. The van der Waals surface area contributed by atoms with E-state index < -0.39 is 6.10 Å². The van der Waals surface area contributed by atoms with Crippen LogP contribution in [0.2, 0.25) is 0 Å². The molecule has 26 heavy (non-hydrogen) atoms. The van der Waals surface area contributed by atoms with Crippen LogP contribution < -0.4 is 10.2 Å². The second-order valence-electron chi connectivity index (χ2n) is 6.74. The van der Waals surface area contributed by atoms with Gasteiger partial charge in [-0.3, -0.25) is 0 Å². The molecule has 0 saturated heterocycles. The van der Waals surface area contributed by atoms with Gasteiger partial charge in [0.2, 0.25) is 5.13 Å². The van der Waals surface area contributed by atoms with Gasteiger partial charge in [-0.2, -0.15) is 0 Å². The molecular weight excluding hydrogens is 344 g/mol. The molecule has 3 aromatic rings. The minimum absolute atomic E-state index is 0.465. The van der Waals surface area contributed by atoms with E-state index in [1.807, 2.05) is 55.4 Å². The van der Waals surface area contributed by atoms with Crippen LogP contribution in [0.3, 0.4) is 0 Å². The number of benzene rings is 2. The van der Waals surface area contributed by atoms with Gasteiger partial charge in [0.25, 0.3) is 0 Å². The van der Waals surface area contributed by atoms with E-state index >= 15 is 0 Å². The van der Waals surface area contributed by atoms with Gasteiger partial charge in [-0.05, 0) is 41.3 Å². The first-order valence-corrected chi connectivity index (χ1v) is 9.41. The van der Waals surface area contributed by atoms with Crippen molar-refractivity contribution < 1.29 is 5.11 Å². The van der Waals surface area contributed by atoms with E-state index in [9.17, 15) is 5.11 Å². The topological polar surface area (TPSA) is 61.3 Å². The van der Waals surface area contributed by atoms with Crippen LogP contribution in [0.5, 0.6) is 0 Å². The molecule has 0 saturated carbocycles. The molecule has 2 N–H and O–H groups in total. The highest BCUT2D eigenvalue weighted by Gasteiger charge is 2.17. The summed E-state index contributed by atoms with van der Waals surface area (Å²) in [5.74, 6) is 0.465. The van der Waals surface area contributed by atoms with Crippen molar-refractivity contribution in [1.29, 1.82) is 0 Å². The lowest BCUT2D eigenvalue weighted by Gasteiger charge is -2.15. The van der Waals surface area contributed by atoms with Crippen LogP contribution in [0.4, 0.5) is 16.5 Å². The number of anilines is 3. The molecule has 0 amide bonds. The third-order valence-electron chi connectivity index (χ3n) is 4.18. The summed E-state index contributed by atoms with van der Waals surface area (Å²) in [5, 5.41) is 23.5. The van der Waals surface area contributed by atoms with Gasteiger partial charge in [0.15, 0.2) is 5.01 Å². The molecule has 1 aromatic heterocycles. The number of aliphatic hydroxyl groups excluding tert-OH is 1.